The summed E-state index contributed by atoms with van der Waals surface area (Å²) in [5.41, 5.74) is 3.13. The summed E-state index contributed by atoms with van der Waals surface area (Å²) in [6, 6.07) is 17.9. The van der Waals surface area contributed by atoms with Crippen molar-refractivity contribution in [2.75, 3.05) is 54.2 Å². The zero-order valence-corrected chi connectivity index (χ0v) is 19.1. The summed E-state index contributed by atoms with van der Waals surface area (Å²) in [4.78, 5) is 25.7. The van der Waals surface area contributed by atoms with Crippen molar-refractivity contribution in [3.05, 3.63) is 66.5 Å². The van der Waals surface area contributed by atoms with Gasteiger partial charge in [0.2, 0.25) is 5.91 Å². The fourth-order valence-corrected chi connectivity index (χ4v) is 4.29. The van der Waals surface area contributed by atoms with E-state index in [0.29, 0.717) is 5.75 Å². The largest absolute Gasteiger partial charge is 0.497 e. The Morgan fingerprint density at radius 2 is 1.78 bits per heavy atom. The Labute approximate surface area is 192 Å². The molecular weight excluding hydrogens is 422 g/mol. The monoisotopic (exact) mass is 449 g/mol. The first kappa shape index (κ1) is 22.0. The van der Waals surface area contributed by atoms with E-state index in [1.165, 1.54) is 17.4 Å². The van der Waals surface area contributed by atoms with Crippen molar-refractivity contribution >= 4 is 34.9 Å². The molecule has 1 aliphatic heterocycles. The SMILES string of the molecule is COc1ccc(N2CCN(c3cc(SCC(=O)Nc4cccc(C)c4)ncn3)CC2)cc1. The number of aromatic nitrogens is 2. The summed E-state index contributed by atoms with van der Waals surface area (Å²) < 4.78 is 5.24. The van der Waals surface area contributed by atoms with Crippen LogP contribution in [0.3, 0.4) is 0 Å². The van der Waals surface area contributed by atoms with Crippen LogP contribution >= 0.6 is 11.8 Å². The Morgan fingerprint density at radius 3 is 2.50 bits per heavy atom. The molecule has 2 heterocycles. The standard InChI is InChI=1S/C24H27N5O2S/c1-18-4-3-5-19(14-18)27-23(30)16-32-24-15-22(25-17-26-24)29-12-10-28(11-13-29)20-6-8-21(31-2)9-7-20/h3-9,14-15,17H,10-13,16H2,1-2H3,(H,27,30). The molecule has 1 amide bonds. The summed E-state index contributed by atoms with van der Waals surface area (Å²) in [7, 11) is 1.68. The molecular formula is C24H27N5O2S. The maximum atomic E-state index is 12.3. The topological polar surface area (TPSA) is 70.6 Å². The average molecular weight is 450 g/mol. The number of anilines is 3. The van der Waals surface area contributed by atoms with Gasteiger partial charge in [-0.05, 0) is 48.9 Å². The second-order valence-corrected chi connectivity index (χ2v) is 8.59. The minimum absolute atomic E-state index is 0.0473. The fourth-order valence-electron chi connectivity index (χ4n) is 3.63. The van der Waals surface area contributed by atoms with Gasteiger partial charge in [0.1, 0.15) is 22.9 Å². The second-order valence-electron chi connectivity index (χ2n) is 7.59. The van der Waals surface area contributed by atoms with Gasteiger partial charge in [0.05, 0.1) is 12.9 Å². The van der Waals surface area contributed by atoms with Gasteiger partial charge in [-0.25, -0.2) is 9.97 Å². The number of nitrogens with zero attached hydrogens (tertiary/aromatic N) is 4. The van der Waals surface area contributed by atoms with E-state index in [0.717, 1.165) is 54.0 Å². The summed E-state index contributed by atoms with van der Waals surface area (Å²) >= 11 is 1.42. The summed E-state index contributed by atoms with van der Waals surface area (Å²) in [5.74, 6) is 2.02. The molecule has 7 nitrogen and oxygen atoms in total. The minimum Gasteiger partial charge on any atom is -0.497 e. The third-order valence-corrected chi connectivity index (χ3v) is 6.25. The second kappa shape index (κ2) is 10.4. The minimum atomic E-state index is -0.0473. The van der Waals surface area contributed by atoms with Crippen molar-refractivity contribution in [3.63, 3.8) is 0 Å². The number of nitrogens with one attached hydrogen (secondary N) is 1. The van der Waals surface area contributed by atoms with Crippen LogP contribution in [0.4, 0.5) is 17.2 Å². The molecule has 0 bridgehead atoms. The number of rotatable bonds is 7. The zero-order valence-electron chi connectivity index (χ0n) is 18.3. The predicted octanol–water partition coefficient (Wildman–Crippen LogP) is 3.85. The number of hydrogen-bond acceptors (Lipinski definition) is 7. The maximum Gasteiger partial charge on any atom is 0.234 e. The van der Waals surface area contributed by atoms with Gasteiger partial charge in [0.15, 0.2) is 0 Å². The molecule has 166 valence electrons. The number of hydrogen-bond donors (Lipinski definition) is 1. The van der Waals surface area contributed by atoms with Gasteiger partial charge in [0.25, 0.3) is 0 Å². The highest BCUT2D eigenvalue weighted by Gasteiger charge is 2.19. The number of benzene rings is 2. The van der Waals surface area contributed by atoms with Gasteiger partial charge in [0, 0.05) is 43.6 Å². The molecule has 32 heavy (non-hydrogen) atoms. The van der Waals surface area contributed by atoms with Crippen molar-refractivity contribution in [2.24, 2.45) is 0 Å². The lowest BCUT2D eigenvalue weighted by Crippen LogP contribution is -2.46. The van der Waals surface area contributed by atoms with Gasteiger partial charge in [-0.1, -0.05) is 23.9 Å². The van der Waals surface area contributed by atoms with Crippen LogP contribution < -0.4 is 19.9 Å². The van der Waals surface area contributed by atoms with E-state index in [-0.39, 0.29) is 5.91 Å². The number of carbonyl (C=O) groups excluding carboxylic acids is 1. The Bertz CT molecular complexity index is 1050. The van der Waals surface area contributed by atoms with E-state index in [2.05, 4.69) is 37.2 Å². The van der Waals surface area contributed by atoms with Crippen LogP contribution in [0.15, 0.2) is 66.0 Å². The molecule has 0 aliphatic carbocycles. The van der Waals surface area contributed by atoms with E-state index in [4.69, 9.17) is 4.74 Å². The molecule has 0 spiro atoms. The van der Waals surface area contributed by atoms with Gasteiger partial charge in [-0.3, -0.25) is 4.79 Å². The van der Waals surface area contributed by atoms with Crippen molar-refractivity contribution in [3.8, 4) is 5.75 Å². The molecule has 1 aliphatic rings. The fraction of sp³-hybridized carbons (Fsp3) is 0.292. The van der Waals surface area contributed by atoms with E-state index in [1.54, 1.807) is 13.4 Å². The quantitative estimate of drug-likeness (QED) is 0.434. The number of amides is 1. The van der Waals surface area contributed by atoms with Crippen molar-refractivity contribution in [2.45, 2.75) is 11.9 Å². The molecule has 1 aromatic heterocycles. The Balaban J connectivity index is 1.29. The van der Waals surface area contributed by atoms with Crippen LogP contribution in [-0.2, 0) is 4.79 Å². The van der Waals surface area contributed by atoms with Crippen LogP contribution in [-0.4, -0.2) is 54.9 Å². The Kier molecular flexibility index (Phi) is 7.11. The average Bonchev–Trinajstić information content (AvgIpc) is 2.83. The molecule has 1 saturated heterocycles. The number of carbonyl (C=O) groups is 1. The van der Waals surface area contributed by atoms with Crippen LogP contribution in [0.5, 0.6) is 5.75 Å². The van der Waals surface area contributed by atoms with Crippen molar-refractivity contribution < 1.29 is 9.53 Å². The highest BCUT2D eigenvalue weighted by atomic mass is 32.2. The van der Waals surface area contributed by atoms with E-state index >= 15 is 0 Å². The van der Waals surface area contributed by atoms with Crippen LogP contribution in [0.25, 0.3) is 0 Å². The first-order valence-corrected chi connectivity index (χ1v) is 11.5. The Hall–Kier alpha value is -3.26. The number of methoxy groups -OCH3 is 1. The Morgan fingerprint density at radius 1 is 1.03 bits per heavy atom. The smallest absolute Gasteiger partial charge is 0.234 e. The lowest BCUT2D eigenvalue weighted by molar-refractivity contribution is -0.113. The molecule has 3 aromatic rings. The van der Waals surface area contributed by atoms with Gasteiger partial charge >= 0.3 is 0 Å². The molecule has 1 fully saturated rings. The van der Waals surface area contributed by atoms with E-state index in [9.17, 15) is 4.79 Å². The van der Waals surface area contributed by atoms with Crippen LogP contribution in [0.2, 0.25) is 0 Å². The normalized spacial score (nSPS) is 13.7. The lowest BCUT2D eigenvalue weighted by Gasteiger charge is -2.36. The third kappa shape index (κ3) is 5.70. The van der Waals surface area contributed by atoms with E-state index in [1.807, 2.05) is 49.4 Å². The molecule has 4 rings (SSSR count). The number of thioether (sulfide) groups is 1. The predicted molar refractivity (Wildman–Crippen MR) is 130 cm³/mol. The van der Waals surface area contributed by atoms with Gasteiger partial charge in [-0.2, -0.15) is 0 Å². The lowest BCUT2D eigenvalue weighted by atomic mass is 10.2. The van der Waals surface area contributed by atoms with Crippen LogP contribution in [0, 0.1) is 6.92 Å². The number of piperazine rings is 1. The van der Waals surface area contributed by atoms with Crippen molar-refractivity contribution in [1.29, 1.82) is 0 Å². The molecule has 0 saturated carbocycles. The number of ether oxygens (including phenoxy) is 1. The molecule has 8 heteroatoms. The first-order chi connectivity index (χ1) is 15.6. The summed E-state index contributed by atoms with van der Waals surface area (Å²) in [5, 5.41) is 3.73. The number of aryl methyl sites for hydroxylation is 1. The first-order valence-electron chi connectivity index (χ1n) is 10.6. The molecule has 0 radical (unpaired) electrons. The van der Waals surface area contributed by atoms with Crippen LogP contribution in [0.1, 0.15) is 5.56 Å². The molecule has 0 unspecified atom stereocenters. The summed E-state index contributed by atoms with van der Waals surface area (Å²) in [6.07, 6.45) is 1.58. The van der Waals surface area contributed by atoms with Gasteiger partial charge < -0.3 is 19.9 Å². The van der Waals surface area contributed by atoms with Crippen molar-refractivity contribution in [1.82, 2.24) is 9.97 Å². The van der Waals surface area contributed by atoms with Gasteiger partial charge in [-0.15, -0.1) is 0 Å². The molecule has 0 atom stereocenters. The highest BCUT2D eigenvalue weighted by Crippen LogP contribution is 2.24. The zero-order chi connectivity index (χ0) is 22.3. The third-order valence-electron chi connectivity index (χ3n) is 5.32. The maximum absolute atomic E-state index is 12.3. The molecule has 1 N–H and O–H groups in total. The molecule has 2 aromatic carbocycles. The van der Waals surface area contributed by atoms with E-state index < -0.39 is 0 Å². The summed E-state index contributed by atoms with van der Waals surface area (Å²) in [6.45, 7) is 5.58. The highest BCUT2D eigenvalue weighted by molar-refractivity contribution is 7.99.